The zero-order valence-corrected chi connectivity index (χ0v) is 10.5. The molecule has 0 aliphatic carbocycles. The molecule has 1 atom stereocenters. The number of likely N-dealkylation sites (tertiary alicyclic amines) is 1. The van der Waals surface area contributed by atoms with E-state index in [2.05, 4.69) is 5.10 Å². The van der Waals surface area contributed by atoms with Gasteiger partial charge in [-0.25, -0.2) is 0 Å². The minimum absolute atomic E-state index is 0.0341. The van der Waals surface area contributed by atoms with Crippen LogP contribution in [0.4, 0.5) is 0 Å². The van der Waals surface area contributed by atoms with Crippen molar-refractivity contribution in [3.8, 4) is 0 Å². The van der Waals surface area contributed by atoms with Gasteiger partial charge in [-0.2, -0.15) is 5.10 Å². The maximum absolute atomic E-state index is 12.2. The lowest BCUT2D eigenvalue weighted by Gasteiger charge is -2.31. The molecule has 94 valence electrons. The largest absolute Gasteiger partial charge is 0.337 e. The van der Waals surface area contributed by atoms with Crippen LogP contribution < -0.4 is 5.73 Å². The summed E-state index contributed by atoms with van der Waals surface area (Å²) in [5.41, 5.74) is 7.22. The number of amides is 1. The molecule has 17 heavy (non-hydrogen) atoms. The van der Waals surface area contributed by atoms with E-state index in [1.165, 1.54) is 0 Å². The van der Waals surface area contributed by atoms with E-state index in [0.29, 0.717) is 18.2 Å². The van der Waals surface area contributed by atoms with Gasteiger partial charge < -0.3 is 10.6 Å². The fourth-order valence-electron chi connectivity index (χ4n) is 2.27. The molecule has 1 fully saturated rings. The average molecular weight is 236 g/mol. The molecule has 0 aromatic carbocycles. The number of hydrogen-bond donors (Lipinski definition) is 1. The van der Waals surface area contributed by atoms with Crippen LogP contribution in [0.1, 0.15) is 29.0 Å². The summed E-state index contributed by atoms with van der Waals surface area (Å²) in [6.07, 6.45) is 2.17. The Kier molecular flexibility index (Phi) is 3.47. The molecular weight excluding hydrogens is 216 g/mol. The van der Waals surface area contributed by atoms with Gasteiger partial charge in [-0.1, -0.05) is 0 Å². The molecule has 1 saturated heterocycles. The normalized spacial score (nSPS) is 20.6. The monoisotopic (exact) mass is 236 g/mol. The van der Waals surface area contributed by atoms with Gasteiger partial charge in [-0.15, -0.1) is 0 Å². The van der Waals surface area contributed by atoms with Crippen LogP contribution in [0.3, 0.4) is 0 Å². The van der Waals surface area contributed by atoms with Crippen LogP contribution >= 0.6 is 0 Å². The van der Waals surface area contributed by atoms with E-state index in [0.717, 1.165) is 31.6 Å². The van der Waals surface area contributed by atoms with Crippen LogP contribution in [0.25, 0.3) is 0 Å². The highest BCUT2D eigenvalue weighted by atomic mass is 16.2. The van der Waals surface area contributed by atoms with Crippen molar-refractivity contribution in [2.75, 3.05) is 19.6 Å². The summed E-state index contributed by atoms with van der Waals surface area (Å²) in [6.45, 7) is 4.20. The number of carbonyl (C=O) groups excluding carboxylic acids is 1. The molecule has 1 amide bonds. The van der Waals surface area contributed by atoms with Crippen molar-refractivity contribution in [1.29, 1.82) is 0 Å². The maximum atomic E-state index is 12.2. The second-order valence-corrected chi connectivity index (χ2v) is 4.79. The maximum Gasteiger partial charge on any atom is 0.274 e. The third kappa shape index (κ3) is 2.49. The Hall–Kier alpha value is -1.36. The molecule has 2 rings (SSSR count). The number of rotatable bonds is 2. The first-order valence-electron chi connectivity index (χ1n) is 6.11. The number of carbonyl (C=O) groups is 1. The molecule has 2 heterocycles. The Morgan fingerprint density at radius 2 is 2.41 bits per heavy atom. The number of aryl methyl sites for hydroxylation is 2. The third-order valence-electron chi connectivity index (χ3n) is 3.47. The Morgan fingerprint density at radius 3 is 3.00 bits per heavy atom. The van der Waals surface area contributed by atoms with Crippen molar-refractivity contribution in [3.05, 3.63) is 17.5 Å². The van der Waals surface area contributed by atoms with Gasteiger partial charge in [0.1, 0.15) is 0 Å². The highest BCUT2D eigenvalue weighted by Crippen LogP contribution is 2.17. The van der Waals surface area contributed by atoms with Crippen molar-refractivity contribution in [3.63, 3.8) is 0 Å². The molecule has 0 unspecified atom stereocenters. The average Bonchev–Trinajstić information content (AvgIpc) is 2.69. The number of nitrogens with two attached hydrogens (primary N) is 1. The lowest BCUT2D eigenvalue weighted by molar-refractivity contribution is 0.0671. The van der Waals surface area contributed by atoms with Crippen LogP contribution in [0.2, 0.25) is 0 Å². The molecule has 0 saturated carbocycles. The minimum atomic E-state index is 0.0341. The molecule has 0 radical (unpaired) electrons. The van der Waals surface area contributed by atoms with Crippen LogP contribution in [-0.2, 0) is 7.05 Å². The lowest BCUT2D eigenvalue weighted by atomic mass is 9.98. The van der Waals surface area contributed by atoms with E-state index < -0.39 is 0 Å². The van der Waals surface area contributed by atoms with E-state index in [9.17, 15) is 4.79 Å². The SMILES string of the molecule is Cc1cc(C(=O)N2CCC[C@@H](CN)C2)nn1C. The predicted octanol–water partition coefficient (Wildman–Crippen LogP) is 0.539. The molecule has 1 aromatic heterocycles. The first kappa shape index (κ1) is 12.1. The third-order valence-corrected chi connectivity index (χ3v) is 3.47. The zero-order chi connectivity index (χ0) is 12.4. The van der Waals surface area contributed by atoms with Crippen molar-refractivity contribution in [2.45, 2.75) is 19.8 Å². The Labute approximate surface area is 102 Å². The summed E-state index contributed by atoms with van der Waals surface area (Å²) >= 11 is 0. The molecule has 2 N–H and O–H groups in total. The highest BCUT2D eigenvalue weighted by Gasteiger charge is 2.25. The van der Waals surface area contributed by atoms with Crippen LogP contribution in [0, 0.1) is 12.8 Å². The van der Waals surface area contributed by atoms with Crippen LogP contribution in [0.5, 0.6) is 0 Å². The summed E-state index contributed by atoms with van der Waals surface area (Å²) in [4.78, 5) is 14.1. The van der Waals surface area contributed by atoms with Crippen molar-refractivity contribution < 1.29 is 4.79 Å². The molecular formula is C12H20N4O. The van der Waals surface area contributed by atoms with Gasteiger partial charge in [-0.3, -0.25) is 9.48 Å². The van der Waals surface area contributed by atoms with Crippen molar-refractivity contribution in [1.82, 2.24) is 14.7 Å². The molecule has 0 spiro atoms. The van der Waals surface area contributed by atoms with E-state index in [1.54, 1.807) is 4.68 Å². The van der Waals surface area contributed by atoms with Gasteiger partial charge in [0.2, 0.25) is 0 Å². The Bertz CT molecular complexity index is 393. The number of nitrogens with zero attached hydrogens (tertiary/aromatic N) is 3. The first-order chi connectivity index (χ1) is 8.11. The van der Waals surface area contributed by atoms with Crippen molar-refractivity contribution >= 4 is 5.91 Å². The zero-order valence-electron chi connectivity index (χ0n) is 10.5. The number of aromatic nitrogens is 2. The summed E-state index contributed by atoms with van der Waals surface area (Å²) in [7, 11) is 1.85. The standard InChI is InChI=1S/C12H20N4O/c1-9-6-11(14-15(9)2)12(17)16-5-3-4-10(7-13)8-16/h6,10H,3-5,7-8,13H2,1-2H3/t10-/m0/s1. The lowest BCUT2D eigenvalue weighted by Crippen LogP contribution is -2.42. The van der Waals surface area contributed by atoms with Gasteiger partial charge in [0.25, 0.3) is 5.91 Å². The fraction of sp³-hybridized carbons (Fsp3) is 0.667. The molecule has 1 aromatic rings. The summed E-state index contributed by atoms with van der Waals surface area (Å²) in [5.74, 6) is 0.476. The summed E-state index contributed by atoms with van der Waals surface area (Å²) in [6, 6.07) is 1.84. The van der Waals surface area contributed by atoms with E-state index in [1.807, 2.05) is 24.9 Å². The molecule has 0 bridgehead atoms. The molecule has 1 aliphatic rings. The Morgan fingerprint density at radius 1 is 1.65 bits per heavy atom. The van der Waals surface area contributed by atoms with E-state index in [4.69, 9.17) is 5.73 Å². The van der Waals surface area contributed by atoms with Crippen LogP contribution in [0.15, 0.2) is 6.07 Å². The second kappa shape index (κ2) is 4.87. The predicted molar refractivity (Wildman–Crippen MR) is 65.6 cm³/mol. The Balaban J connectivity index is 2.09. The topological polar surface area (TPSA) is 64.2 Å². The molecule has 1 aliphatic heterocycles. The van der Waals surface area contributed by atoms with E-state index >= 15 is 0 Å². The number of hydrogen-bond acceptors (Lipinski definition) is 3. The minimum Gasteiger partial charge on any atom is -0.337 e. The van der Waals surface area contributed by atoms with Crippen LogP contribution in [-0.4, -0.2) is 40.2 Å². The van der Waals surface area contributed by atoms with Gasteiger partial charge in [0.15, 0.2) is 5.69 Å². The molecule has 5 heteroatoms. The molecule has 5 nitrogen and oxygen atoms in total. The second-order valence-electron chi connectivity index (χ2n) is 4.79. The highest BCUT2D eigenvalue weighted by molar-refractivity contribution is 5.92. The van der Waals surface area contributed by atoms with Gasteiger partial charge in [0.05, 0.1) is 0 Å². The first-order valence-corrected chi connectivity index (χ1v) is 6.11. The quantitative estimate of drug-likeness (QED) is 0.815. The van der Waals surface area contributed by atoms with Crippen molar-refractivity contribution in [2.24, 2.45) is 18.7 Å². The van der Waals surface area contributed by atoms with Gasteiger partial charge >= 0.3 is 0 Å². The summed E-state index contributed by atoms with van der Waals surface area (Å²) in [5, 5.41) is 4.23. The van der Waals surface area contributed by atoms with Gasteiger partial charge in [-0.05, 0) is 38.3 Å². The summed E-state index contributed by atoms with van der Waals surface area (Å²) < 4.78 is 1.73. The smallest absolute Gasteiger partial charge is 0.274 e. The number of piperidine rings is 1. The van der Waals surface area contributed by atoms with Gasteiger partial charge in [0, 0.05) is 25.8 Å². The fourth-order valence-corrected chi connectivity index (χ4v) is 2.27. The van der Waals surface area contributed by atoms with E-state index in [-0.39, 0.29) is 5.91 Å².